The smallest absolute Gasteiger partial charge is 0.319 e. The number of halogens is 1. The Morgan fingerprint density at radius 2 is 2.12 bits per heavy atom. The normalized spacial score (nSPS) is 17.0. The molecule has 1 atom stereocenters. The van der Waals surface area contributed by atoms with E-state index < -0.39 is 0 Å². The van der Waals surface area contributed by atoms with E-state index in [0.29, 0.717) is 17.9 Å². The number of nitrogens with zero attached hydrogens (tertiary/aromatic N) is 4. The van der Waals surface area contributed by atoms with Crippen molar-refractivity contribution in [3.05, 3.63) is 42.6 Å². The topological polar surface area (TPSA) is 98.8 Å². The first kappa shape index (κ1) is 15.3. The van der Waals surface area contributed by atoms with Gasteiger partial charge in [-0.3, -0.25) is 5.10 Å². The molecule has 2 amide bonds. The molecule has 3 N–H and O–H groups in total. The molecule has 128 valence electrons. The molecule has 1 aliphatic heterocycles. The molecule has 0 saturated carbocycles. The second kappa shape index (κ2) is 6.34. The fourth-order valence-corrected chi connectivity index (χ4v) is 2.96. The van der Waals surface area contributed by atoms with E-state index in [2.05, 4.69) is 35.7 Å². The Kier molecular flexibility index (Phi) is 3.88. The van der Waals surface area contributed by atoms with Gasteiger partial charge in [0.15, 0.2) is 5.65 Å². The van der Waals surface area contributed by atoms with Gasteiger partial charge in [-0.05, 0) is 30.7 Å². The number of urea groups is 1. The molecule has 0 spiro atoms. The number of hydrogen-bond acceptors (Lipinski definition) is 5. The number of fused-ring (bicyclic) bond motifs is 1. The molecule has 2 aromatic heterocycles. The van der Waals surface area contributed by atoms with Crippen LogP contribution in [0.5, 0.6) is 0 Å². The van der Waals surface area contributed by atoms with Gasteiger partial charge in [0.25, 0.3) is 0 Å². The van der Waals surface area contributed by atoms with Crippen molar-refractivity contribution < 1.29 is 9.18 Å². The quantitative estimate of drug-likeness (QED) is 0.676. The maximum Gasteiger partial charge on any atom is 0.319 e. The first-order chi connectivity index (χ1) is 12.2. The molecule has 1 aliphatic rings. The molecule has 3 aromatic rings. The van der Waals surface area contributed by atoms with Gasteiger partial charge < -0.3 is 15.5 Å². The van der Waals surface area contributed by atoms with Gasteiger partial charge >= 0.3 is 6.03 Å². The summed E-state index contributed by atoms with van der Waals surface area (Å²) >= 11 is 0. The Morgan fingerprint density at radius 1 is 1.28 bits per heavy atom. The maximum atomic E-state index is 12.9. The molecule has 0 aliphatic carbocycles. The zero-order valence-electron chi connectivity index (χ0n) is 13.2. The second-order valence-corrected chi connectivity index (χ2v) is 5.87. The molecule has 0 bridgehead atoms. The van der Waals surface area contributed by atoms with Crippen LogP contribution < -0.4 is 15.5 Å². The monoisotopic (exact) mass is 341 g/mol. The van der Waals surface area contributed by atoms with Crippen LogP contribution in [0.3, 0.4) is 0 Å². The summed E-state index contributed by atoms with van der Waals surface area (Å²) in [7, 11) is 0. The van der Waals surface area contributed by atoms with E-state index in [4.69, 9.17) is 0 Å². The van der Waals surface area contributed by atoms with E-state index in [0.717, 1.165) is 24.2 Å². The van der Waals surface area contributed by atoms with Crippen LogP contribution in [0.25, 0.3) is 11.0 Å². The Balaban J connectivity index is 1.38. The molecule has 3 heterocycles. The van der Waals surface area contributed by atoms with Gasteiger partial charge in [0.2, 0.25) is 0 Å². The largest absolute Gasteiger partial charge is 0.354 e. The van der Waals surface area contributed by atoms with Gasteiger partial charge in [-0.1, -0.05) is 0 Å². The minimum absolute atomic E-state index is 0.00244. The van der Waals surface area contributed by atoms with Gasteiger partial charge in [-0.2, -0.15) is 5.10 Å². The highest BCUT2D eigenvalue weighted by molar-refractivity contribution is 5.89. The van der Waals surface area contributed by atoms with Gasteiger partial charge in [-0.15, -0.1) is 0 Å². The average molecular weight is 341 g/mol. The lowest BCUT2D eigenvalue weighted by Crippen LogP contribution is -2.39. The van der Waals surface area contributed by atoms with Gasteiger partial charge in [0, 0.05) is 24.8 Å². The predicted molar refractivity (Wildman–Crippen MR) is 90.9 cm³/mol. The highest BCUT2D eigenvalue weighted by atomic mass is 19.1. The minimum Gasteiger partial charge on any atom is -0.354 e. The first-order valence-corrected chi connectivity index (χ1v) is 7.91. The lowest BCUT2D eigenvalue weighted by molar-refractivity contribution is 0.249. The third-order valence-electron chi connectivity index (χ3n) is 4.15. The number of amides is 2. The van der Waals surface area contributed by atoms with E-state index >= 15 is 0 Å². The first-order valence-electron chi connectivity index (χ1n) is 7.91. The molecule has 1 aromatic carbocycles. The zero-order valence-corrected chi connectivity index (χ0v) is 13.2. The van der Waals surface area contributed by atoms with E-state index in [1.165, 1.54) is 30.6 Å². The number of hydrogen-bond donors (Lipinski definition) is 3. The van der Waals surface area contributed by atoms with Crippen LogP contribution in [0.2, 0.25) is 0 Å². The van der Waals surface area contributed by atoms with Crippen LogP contribution in [0.4, 0.5) is 20.7 Å². The van der Waals surface area contributed by atoms with Crippen molar-refractivity contribution in [3.63, 3.8) is 0 Å². The highest BCUT2D eigenvalue weighted by Gasteiger charge is 2.26. The summed E-state index contributed by atoms with van der Waals surface area (Å²) in [4.78, 5) is 22.7. The van der Waals surface area contributed by atoms with Gasteiger partial charge in [0.1, 0.15) is 18.0 Å². The summed E-state index contributed by atoms with van der Waals surface area (Å²) in [5.74, 6) is 0.467. The maximum absolute atomic E-state index is 12.9. The number of rotatable bonds is 3. The molecule has 1 fully saturated rings. The number of H-pyrrole nitrogens is 1. The average Bonchev–Trinajstić information content (AvgIpc) is 3.25. The predicted octanol–water partition coefficient (Wildman–Crippen LogP) is 1.89. The fourth-order valence-electron chi connectivity index (χ4n) is 2.96. The van der Waals surface area contributed by atoms with Crippen LogP contribution in [0.15, 0.2) is 36.8 Å². The van der Waals surface area contributed by atoms with E-state index in [9.17, 15) is 9.18 Å². The zero-order chi connectivity index (χ0) is 17.2. The van der Waals surface area contributed by atoms with E-state index in [-0.39, 0.29) is 17.9 Å². The van der Waals surface area contributed by atoms with E-state index in [1.807, 2.05) is 0 Å². The SMILES string of the molecule is O=C(Nc1ccc(F)cc1)NC1CCN(c2ncnc3[nH]ncc23)C1. The summed E-state index contributed by atoms with van der Waals surface area (Å²) < 4.78 is 12.9. The van der Waals surface area contributed by atoms with Gasteiger partial charge in [-0.25, -0.2) is 19.2 Å². The summed E-state index contributed by atoms with van der Waals surface area (Å²) in [6.07, 6.45) is 4.00. The minimum atomic E-state index is -0.340. The standard InChI is InChI=1S/C16H16FN7O/c17-10-1-3-11(4-2-10)21-16(25)22-12-5-6-24(8-12)15-13-7-20-23-14(13)18-9-19-15/h1-4,7,9,12H,5-6,8H2,(H2,21,22,25)(H,18,19,20,23). The molecular formula is C16H16FN7O. The van der Waals surface area contributed by atoms with Crippen molar-refractivity contribution in [1.82, 2.24) is 25.5 Å². The van der Waals surface area contributed by atoms with E-state index in [1.54, 1.807) is 6.20 Å². The van der Waals surface area contributed by atoms with Crippen molar-refractivity contribution >= 4 is 28.6 Å². The number of benzene rings is 1. The lowest BCUT2D eigenvalue weighted by Gasteiger charge is -2.18. The molecule has 1 saturated heterocycles. The van der Waals surface area contributed by atoms with Crippen molar-refractivity contribution in [1.29, 1.82) is 0 Å². The number of nitrogens with one attached hydrogen (secondary N) is 3. The van der Waals surface area contributed by atoms with Crippen LogP contribution in [0, 0.1) is 5.82 Å². The summed E-state index contributed by atoms with van der Waals surface area (Å²) in [5, 5.41) is 13.3. The van der Waals surface area contributed by atoms with Crippen molar-refractivity contribution in [2.75, 3.05) is 23.3 Å². The number of aromatic nitrogens is 4. The number of carbonyl (C=O) groups is 1. The highest BCUT2D eigenvalue weighted by Crippen LogP contribution is 2.24. The molecule has 1 unspecified atom stereocenters. The Labute approximate surface area is 142 Å². The Bertz CT molecular complexity index is 895. The Hall–Kier alpha value is -3.23. The summed E-state index contributed by atoms with van der Waals surface area (Å²) in [6.45, 7) is 1.42. The van der Waals surface area contributed by atoms with Crippen LogP contribution in [0.1, 0.15) is 6.42 Å². The number of carbonyl (C=O) groups excluding carboxylic acids is 1. The van der Waals surface area contributed by atoms with Crippen molar-refractivity contribution in [2.24, 2.45) is 0 Å². The molecule has 0 radical (unpaired) electrons. The van der Waals surface area contributed by atoms with Crippen LogP contribution in [-0.4, -0.2) is 45.3 Å². The molecule has 9 heteroatoms. The molecule has 4 rings (SSSR count). The molecule has 8 nitrogen and oxygen atoms in total. The fraction of sp³-hybridized carbons (Fsp3) is 0.250. The third-order valence-corrected chi connectivity index (χ3v) is 4.15. The third kappa shape index (κ3) is 3.21. The number of anilines is 2. The summed E-state index contributed by atoms with van der Waals surface area (Å²) in [6, 6.07) is 5.33. The van der Waals surface area contributed by atoms with Crippen molar-refractivity contribution in [2.45, 2.75) is 12.5 Å². The lowest BCUT2D eigenvalue weighted by atomic mass is 10.2. The number of aromatic amines is 1. The van der Waals surface area contributed by atoms with Crippen LogP contribution >= 0.6 is 0 Å². The molecular weight excluding hydrogens is 325 g/mol. The van der Waals surface area contributed by atoms with Crippen molar-refractivity contribution in [3.8, 4) is 0 Å². The second-order valence-electron chi connectivity index (χ2n) is 5.87. The Morgan fingerprint density at radius 3 is 2.96 bits per heavy atom. The van der Waals surface area contributed by atoms with Crippen LogP contribution in [-0.2, 0) is 0 Å². The molecule has 25 heavy (non-hydrogen) atoms. The van der Waals surface area contributed by atoms with Gasteiger partial charge in [0.05, 0.1) is 11.6 Å². The summed E-state index contributed by atoms with van der Waals surface area (Å²) in [5.41, 5.74) is 1.24.